The van der Waals surface area contributed by atoms with Crippen molar-refractivity contribution in [3.05, 3.63) is 48.2 Å². The van der Waals surface area contributed by atoms with Gasteiger partial charge in [0.2, 0.25) is 5.88 Å². The Bertz CT molecular complexity index is 749. The van der Waals surface area contributed by atoms with Gasteiger partial charge in [0.25, 0.3) is 0 Å². The lowest BCUT2D eigenvalue weighted by atomic mass is 10.1. The third-order valence-electron chi connectivity index (χ3n) is 3.72. The summed E-state index contributed by atoms with van der Waals surface area (Å²) in [5.41, 5.74) is 0.631. The zero-order chi connectivity index (χ0) is 18.6. The molecule has 1 aliphatic rings. The highest BCUT2D eigenvalue weighted by Gasteiger charge is 2.28. The summed E-state index contributed by atoms with van der Waals surface area (Å²) in [6.45, 7) is 6.97. The van der Waals surface area contributed by atoms with Crippen LogP contribution < -0.4 is 4.74 Å². The lowest BCUT2D eigenvalue weighted by Crippen LogP contribution is -2.42. The van der Waals surface area contributed by atoms with Crippen LogP contribution >= 0.6 is 11.8 Å². The molecule has 0 bridgehead atoms. The van der Waals surface area contributed by atoms with E-state index in [9.17, 15) is 4.79 Å². The molecule has 2 heterocycles. The van der Waals surface area contributed by atoms with Crippen molar-refractivity contribution in [2.45, 2.75) is 31.6 Å². The Morgan fingerprint density at radius 2 is 2.12 bits per heavy atom. The Labute approximate surface area is 157 Å². The van der Waals surface area contributed by atoms with Gasteiger partial charge in [-0.1, -0.05) is 12.1 Å². The number of carbonyl (C=O) groups excluding carboxylic acids is 1. The third kappa shape index (κ3) is 5.11. The highest BCUT2D eigenvalue weighted by Crippen LogP contribution is 2.35. The number of carbonyl (C=O) groups is 1. The van der Waals surface area contributed by atoms with Gasteiger partial charge in [-0.3, -0.25) is 0 Å². The van der Waals surface area contributed by atoms with Crippen LogP contribution in [-0.2, 0) is 4.74 Å². The van der Waals surface area contributed by atoms with E-state index in [2.05, 4.69) is 16.3 Å². The molecule has 1 aromatic carbocycles. The van der Waals surface area contributed by atoms with Gasteiger partial charge in [-0.05, 0) is 44.5 Å². The van der Waals surface area contributed by atoms with Crippen molar-refractivity contribution in [1.82, 2.24) is 15.1 Å². The molecule has 0 unspecified atom stereocenters. The van der Waals surface area contributed by atoms with Gasteiger partial charge in [0.05, 0.1) is 0 Å². The van der Waals surface area contributed by atoms with Gasteiger partial charge >= 0.3 is 6.09 Å². The molecule has 1 saturated heterocycles. The second-order valence-corrected chi connectivity index (χ2v) is 8.33. The molecule has 1 fully saturated rings. The van der Waals surface area contributed by atoms with E-state index >= 15 is 0 Å². The monoisotopic (exact) mass is 373 g/mol. The minimum Gasteiger partial charge on any atom is -0.444 e. The van der Waals surface area contributed by atoms with Crippen LogP contribution in [0.2, 0.25) is 0 Å². The zero-order valence-corrected chi connectivity index (χ0v) is 16.0. The fourth-order valence-electron chi connectivity index (χ4n) is 2.58. The molecule has 0 saturated carbocycles. The summed E-state index contributed by atoms with van der Waals surface area (Å²) in [6.07, 6.45) is 1.35. The SMILES string of the molecule is CC(C)(C)OC(=O)N1CCS[C@H](c2cccc(Oc3cccnn3)c2)C1. The Balaban J connectivity index is 1.68. The normalized spacial score (nSPS) is 17.7. The smallest absolute Gasteiger partial charge is 0.410 e. The van der Waals surface area contributed by atoms with Crippen molar-refractivity contribution in [3.63, 3.8) is 0 Å². The average Bonchev–Trinajstić information content (AvgIpc) is 2.61. The third-order valence-corrected chi connectivity index (χ3v) is 4.96. The molecule has 2 aromatic rings. The summed E-state index contributed by atoms with van der Waals surface area (Å²) < 4.78 is 11.3. The second-order valence-electron chi connectivity index (χ2n) is 7.02. The second kappa shape index (κ2) is 7.95. The van der Waals surface area contributed by atoms with Crippen LogP contribution in [0.25, 0.3) is 0 Å². The number of hydrogen-bond donors (Lipinski definition) is 0. The maximum absolute atomic E-state index is 12.4. The maximum Gasteiger partial charge on any atom is 0.410 e. The van der Waals surface area contributed by atoms with Crippen LogP contribution in [0, 0.1) is 0 Å². The quantitative estimate of drug-likeness (QED) is 0.799. The molecule has 7 heteroatoms. The van der Waals surface area contributed by atoms with Crippen molar-refractivity contribution >= 4 is 17.9 Å². The Hall–Kier alpha value is -2.28. The molecule has 0 N–H and O–H groups in total. The van der Waals surface area contributed by atoms with Crippen LogP contribution in [0.3, 0.4) is 0 Å². The fourth-order valence-corrected chi connectivity index (χ4v) is 3.82. The van der Waals surface area contributed by atoms with Crippen LogP contribution in [-0.4, -0.2) is 45.6 Å². The predicted octanol–water partition coefficient (Wildman–Crippen LogP) is 4.29. The Kier molecular flexibility index (Phi) is 5.66. The van der Waals surface area contributed by atoms with E-state index in [-0.39, 0.29) is 11.3 Å². The number of ether oxygens (including phenoxy) is 2. The van der Waals surface area contributed by atoms with Crippen LogP contribution in [0.15, 0.2) is 42.6 Å². The highest BCUT2D eigenvalue weighted by atomic mass is 32.2. The highest BCUT2D eigenvalue weighted by molar-refractivity contribution is 7.99. The number of benzene rings is 1. The first-order chi connectivity index (χ1) is 12.4. The first-order valence-corrected chi connectivity index (χ1v) is 9.61. The molecule has 0 spiro atoms. The van der Waals surface area contributed by atoms with Gasteiger partial charge < -0.3 is 14.4 Å². The van der Waals surface area contributed by atoms with Gasteiger partial charge in [0, 0.05) is 36.4 Å². The lowest BCUT2D eigenvalue weighted by Gasteiger charge is -2.34. The van der Waals surface area contributed by atoms with E-state index in [0.717, 1.165) is 11.3 Å². The first kappa shape index (κ1) is 18.5. The van der Waals surface area contributed by atoms with E-state index in [0.29, 0.717) is 24.7 Å². The van der Waals surface area contributed by atoms with Gasteiger partial charge in [-0.2, -0.15) is 16.9 Å². The number of nitrogens with zero attached hydrogens (tertiary/aromatic N) is 3. The van der Waals surface area contributed by atoms with E-state index < -0.39 is 5.60 Å². The molecule has 1 aliphatic heterocycles. The largest absolute Gasteiger partial charge is 0.444 e. The van der Waals surface area contributed by atoms with Crippen molar-refractivity contribution in [2.75, 3.05) is 18.8 Å². The number of amides is 1. The molecule has 1 amide bonds. The minimum atomic E-state index is -0.484. The standard InChI is InChI=1S/C19H23N3O3S/c1-19(2,3)25-18(23)22-10-11-26-16(13-22)14-6-4-7-15(12-14)24-17-8-5-9-20-21-17/h4-9,12,16H,10-11,13H2,1-3H3/t16-/m0/s1. The Morgan fingerprint density at radius 3 is 2.85 bits per heavy atom. The topological polar surface area (TPSA) is 64.5 Å². The predicted molar refractivity (Wildman–Crippen MR) is 102 cm³/mol. The summed E-state index contributed by atoms with van der Waals surface area (Å²) in [5.74, 6) is 2.04. The van der Waals surface area contributed by atoms with Crippen molar-refractivity contribution < 1.29 is 14.3 Å². The summed E-state index contributed by atoms with van der Waals surface area (Å²) in [6, 6.07) is 11.4. The molecule has 1 aromatic heterocycles. The summed E-state index contributed by atoms with van der Waals surface area (Å²) in [5, 5.41) is 7.94. The molecule has 3 rings (SSSR count). The zero-order valence-electron chi connectivity index (χ0n) is 15.2. The average molecular weight is 373 g/mol. The number of aromatic nitrogens is 2. The number of rotatable bonds is 3. The van der Waals surface area contributed by atoms with E-state index in [1.54, 1.807) is 23.2 Å². The number of hydrogen-bond acceptors (Lipinski definition) is 6. The minimum absolute atomic E-state index is 0.182. The molecule has 26 heavy (non-hydrogen) atoms. The molecule has 6 nitrogen and oxygen atoms in total. The number of thioether (sulfide) groups is 1. The molecule has 138 valence electrons. The molecular weight excluding hydrogens is 350 g/mol. The van der Waals surface area contributed by atoms with Crippen LogP contribution in [0.1, 0.15) is 31.6 Å². The molecular formula is C19H23N3O3S. The van der Waals surface area contributed by atoms with Gasteiger partial charge in [0.15, 0.2) is 0 Å². The van der Waals surface area contributed by atoms with Crippen LogP contribution in [0.5, 0.6) is 11.6 Å². The summed E-state index contributed by atoms with van der Waals surface area (Å²) in [7, 11) is 0. The molecule has 0 radical (unpaired) electrons. The van der Waals surface area contributed by atoms with Crippen molar-refractivity contribution in [2.24, 2.45) is 0 Å². The Morgan fingerprint density at radius 1 is 1.27 bits per heavy atom. The summed E-state index contributed by atoms with van der Waals surface area (Å²) in [4.78, 5) is 14.1. The maximum atomic E-state index is 12.4. The summed E-state index contributed by atoms with van der Waals surface area (Å²) >= 11 is 1.84. The lowest BCUT2D eigenvalue weighted by molar-refractivity contribution is 0.0257. The van der Waals surface area contributed by atoms with E-state index in [4.69, 9.17) is 9.47 Å². The van der Waals surface area contributed by atoms with Crippen LogP contribution in [0.4, 0.5) is 4.79 Å². The first-order valence-electron chi connectivity index (χ1n) is 8.56. The van der Waals surface area contributed by atoms with E-state index in [1.807, 2.05) is 50.7 Å². The molecule has 0 aliphatic carbocycles. The fraction of sp³-hybridized carbons (Fsp3) is 0.421. The van der Waals surface area contributed by atoms with Crippen molar-refractivity contribution in [1.29, 1.82) is 0 Å². The van der Waals surface area contributed by atoms with Crippen molar-refractivity contribution in [3.8, 4) is 11.6 Å². The van der Waals surface area contributed by atoms with Gasteiger partial charge in [0.1, 0.15) is 11.4 Å². The van der Waals surface area contributed by atoms with Gasteiger partial charge in [-0.15, -0.1) is 5.10 Å². The molecule has 1 atom stereocenters. The van der Waals surface area contributed by atoms with Gasteiger partial charge in [-0.25, -0.2) is 4.79 Å². The van der Waals surface area contributed by atoms with E-state index in [1.165, 1.54) is 0 Å².